The highest BCUT2D eigenvalue weighted by molar-refractivity contribution is 6.31. The number of ether oxygens (including phenoxy) is 1. The van der Waals surface area contributed by atoms with E-state index in [1.54, 1.807) is 45.0 Å². The lowest BCUT2D eigenvalue weighted by Crippen LogP contribution is -2.60. The van der Waals surface area contributed by atoms with Crippen molar-refractivity contribution in [2.75, 3.05) is 7.11 Å². The number of nitrogens with zero attached hydrogens (tertiary/aromatic N) is 1. The first-order valence-corrected chi connectivity index (χ1v) is 6.80. The zero-order valence-corrected chi connectivity index (χ0v) is 13.0. The fraction of sp³-hybridized carbons (Fsp3) is 0.312. The molecular weight excluding hydrogens is 284 g/mol. The number of carbonyl (C=O) groups is 3. The van der Waals surface area contributed by atoms with Crippen molar-refractivity contribution in [3.8, 4) is 5.75 Å². The van der Waals surface area contributed by atoms with Crippen molar-refractivity contribution >= 4 is 23.9 Å². The van der Waals surface area contributed by atoms with Crippen LogP contribution in [-0.4, -0.2) is 35.4 Å². The van der Waals surface area contributed by atoms with Gasteiger partial charge in [-0.1, -0.05) is 18.2 Å². The van der Waals surface area contributed by atoms with Gasteiger partial charge in [-0.3, -0.25) is 19.8 Å². The zero-order chi connectivity index (χ0) is 16.5. The minimum Gasteiger partial charge on any atom is -0.496 e. The summed E-state index contributed by atoms with van der Waals surface area (Å²) in [5, 5.41) is 2.19. The average molecular weight is 302 g/mol. The van der Waals surface area contributed by atoms with Gasteiger partial charge < -0.3 is 4.74 Å². The number of methoxy groups -OCH3 is 1. The van der Waals surface area contributed by atoms with Crippen LogP contribution in [0.3, 0.4) is 0 Å². The molecule has 0 aromatic heterocycles. The maximum Gasteiger partial charge on any atom is 0.331 e. The van der Waals surface area contributed by atoms with Gasteiger partial charge in [-0.2, -0.15) is 0 Å². The number of hydrogen-bond donors (Lipinski definition) is 1. The van der Waals surface area contributed by atoms with E-state index in [1.165, 1.54) is 13.2 Å². The lowest BCUT2D eigenvalue weighted by atomic mass is 10.0. The molecule has 1 aliphatic rings. The summed E-state index contributed by atoms with van der Waals surface area (Å²) < 4.78 is 5.20. The predicted octanol–water partition coefficient (Wildman–Crippen LogP) is 1.96. The van der Waals surface area contributed by atoms with Crippen molar-refractivity contribution in [3.05, 3.63) is 35.4 Å². The van der Waals surface area contributed by atoms with Gasteiger partial charge in [-0.25, -0.2) is 4.79 Å². The van der Waals surface area contributed by atoms with Gasteiger partial charge in [0.05, 0.1) is 7.11 Å². The summed E-state index contributed by atoms with van der Waals surface area (Å²) in [6, 6.07) is 6.30. The van der Waals surface area contributed by atoms with Crippen LogP contribution in [0.4, 0.5) is 4.79 Å². The highest BCUT2D eigenvalue weighted by Gasteiger charge is 2.41. The number of imide groups is 2. The second kappa shape index (κ2) is 5.63. The average Bonchev–Trinajstić information content (AvgIpc) is 2.42. The van der Waals surface area contributed by atoms with Crippen molar-refractivity contribution in [1.29, 1.82) is 0 Å². The number of carbonyl (C=O) groups excluding carboxylic acids is 3. The number of rotatable bonds is 2. The molecule has 1 aromatic rings. The molecule has 1 heterocycles. The van der Waals surface area contributed by atoms with E-state index in [0.29, 0.717) is 11.3 Å². The van der Waals surface area contributed by atoms with Gasteiger partial charge in [0.1, 0.15) is 11.3 Å². The fourth-order valence-corrected chi connectivity index (χ4v) is 2.21. The highest BCUT2D eigenvalue weighted by Crippen LogP contribution is 2.25. The topological polar surface area (TPSA) is 75.7 Å². The first-order chi connectivity index (χ1) is 10.3. The molecule has 1 aromatic carbocycles. The Morgan fingerprint density at radius 3 is 2.36 bits per heavy atom. The van der Waals surface area contributed by atoms with Crippen LogP contribution >= 0.6 is 0 Å². The van der Waals surface area contributed by atoms with Gasteiger partial charge in [0.2, 0.25) is 0 Å². The summed E-state index contributed by atoms with van der Waals surface area (Å²) in [4.78, 5) is 37.5. The van der Waals surface area contributed by atoms with Gasteiger partial charge >= 0.3 is 6.03 Å². The Bertz CT molecular complexity index is 671. The van der Waals surface area contributed by atoms with Crippen molar-refractivity contribution in [1.82, 2.24) is 10.2 Å². The molecule has 0 saturated carbocycles. The van der Waals surface area contributed by atoms with Crippen LogP contribution in [0.1, 0.15) is 26.3 Å². The normalized spacial score (nSPS) is 17.7. The quantitative estimate of drug-likeness (QED) is 0.669. The molecule has 0 spiro atoms. The minimum absolute atomic E-state index is 0.0981. The number of barbiturate groups is 1. The fourth-order valence-electron chi connectivity index (χ4n) is 2.21. The summed E-state index contributed by atoms with van der Waals surface area (Å²) in [6.45, 7) is 5.17. The first-order valence-electron chi connectivity index (χ1n) is 6.80. The van der Waals surface area contributed by atoms with Gasteiger partial charge in [0.25, 0.3) is 11.8 Å². The van der Waals surface area contributed by atoms with Crippen LogP contribution in [0.15, 0.2) is 29.8 Å². The Labute approximate surface area is 128 Å². The molecule has 0 atom stereocenters. The first kappa shape index (κ1) is 15.8. The van der Waals surface area contributed by atoms with Crippen LogP contribution in [0, 0.1) is 0 Å². The lowest BCUT2D eigenvalue weighted by Gasteiger charge is -2.36. The third-order valence-corrected chi connectivity index (χ3v) is 3.21. The van der Waals surface area contributed by atoms with E-state index in [0.717, 1.165) is 4.90 Å². The van der Waals surface area contributed by atoms with Gasteiger partial charge in [-0.15, -0.1) is 0 Å². The second-order valence-electron chi connectivity index (χ2n) is 5.87. The zero-order valence-electron chi connectivity index (χ0n) is 13.0. The smallest absolute Gasteiger partial charge is 0.331 e. The van der Waals surface area contributed by atoms with E-state index in [4.69, 9.17) is 4.74 Å². The lowest BCUT2D eigenvalue weighted by molar-refractivity contribution is -0.133. The molecule has 0 unspecified atom stereocenters. The molecular formula is C16H18N2O4. The van der Waals surface area contributed by atoms with Crippen molar-refractivity contribution in [2.45, 2.75) is 26.3 Å². The van der Waals surface area contributed by atoms with E-state index in [-0.39, 0.29) is 5.57 Å². The van der Waals surface area contributed by atoms with Crippen LogP contribution < -0.4 is 10.1 Å². The molecule has 116 valence electrons. The number of benzene rings is 1. The Morgan fingerprint density at radius 1 is 1.14 bits per heavy atom. The van der Waals surface area contributed by atoms with E-state index in [2.05, 4.69) is 5.32 Å². The standard InChI is InChI=1S/C16H18N2O4/c1-16(2,3)18-14(20)11(13(19)17-15(18)21)9-10-7-5-6-8-12(10)22-4/h5-9H,1-4H3,(H,17,19,21)/b11-9+. The summed E-state index contributed by atoms with van der Waals surface area (Å²) in [7, 11) is 1.51. The third kappa shape index (κ3) is 2.86. The Kier molecular flexibility index (Phi) is 4.03. The number of nitrogens with one attached hydrogen (secondary N) is 1. The van der Waals surface area contributed by atoms with Crippen molar-refractivity contribution in [3.63, 3.8) is 0 Å². The Morgan fingerprint density at radius 2 is 1.77 bits per heavy atom. The minimum atomic E-state index is -0.734. The Hall–Kier alpha value is -2.63. The van der Waals surface area contributed by atoms with Crippen LogP contribution in [-0.2, 0) is 9.59 Å². The highest BCUT2D eigenvalue weighted by atomic mass is 16.5. The van der Waals surface area contributed by atoms with Gasteiger partial charge in [0.15, 0.2) is 0 Å². The largest absolute Gasteiger partial charge is 0.496 e. The maximum absolute atomic E-state index is 12.5. The molecule has 1 fully saturated rings. The molecule has 0 radical (unpaired) electrons. The Balaban J connectivity index is 2.49. The maximum atomic E-state index is 12.5. The summed E-state index contributed by atoms with van der Waals surface area (Å²) in [6.07, 6.45) is 1.43. The molecule has 6 nitrogen and oxygen atoms in total. The number of urea groups is 1. The summed E-state index contributed by atoms with van der Waals surface area (Å²) in [5.41, 5.74) is -0.243. The molecule has 0 bridgehead atoms. The van der Waals surface area contributed by atoms with E-state index in [9.17, 15) is 14.4 Å². The van der Waals surface area contributed by atoms with Gasteiger partial charge in [0, 0.05) is 11.1 Å². The summed E-state index contributed by atoms with van der Waals surface area (Å²) >= 11 is 0. The molecule has 22 heavy (non-hydrogen) atoms. The SMILES string of the molecule is COc1ccccc1/C=C1\C(=O)NC(=O)N(C(C)(C)C)C1=O. The van der Waals surface area contributed by atoms with E-state index in [1.807, 2.05) is 0 Å². The third-order valence-electron chi connectivity index (χ3n) is 3.21. The molecule has 4 amide bonds. The predicted molar refractivity (Wildman–Crippen MR) is 81.1 cm³/mol. The number of amides is 4. The molecule has 6 heteroatoms. The molecule has 0 aliphatic carbocycles. The molecule has 2 rings (SSSR count). The number of para-hydroxylation sites is 1. The van der Waals surface area contributed by atoms with Crippen molar-refractivity contribution < 1.29 is 19.1 Å². The second-order valence-corrected chi connectivity index (χ2v) is 5.87. The number of hydrogen-bond acceptors (Lipinski definition) is 4. The monoisotopic (exact) mass is 302 g/mol. The van der Waals surface area contributed by atoms with E-state index < -0.39 is 23.4 Å². The molecule has 1 N–H and O–H groups in total. The van der Waals surface area contributed by atoms with Crippen LogP contribution in [0.2, 0.25) is 0 Å². The van der Waals surface area contributed by atoms with Gasteiger partial charge in [-0.05, 0) is 32.9 Å². The van der Waals surface area contributed by atoms with Crippen LogP contribution in [0.25, 0.3) is 6.08 Å². The summed E-state index contributed by atoms with van der Waals surface area (Å²) in [5.74, 6) is -0.789. The molecule has 1 aliphatic heterocycles. The van der Waals surface area contributed by atoms with E-state index >= 15 is 0 Å². The molecule has 1 saturated heterocycles. The van der Waals surface area contributed by atoms with Crippen molar-refractivity contribution in [2.24, 2.45) is 0 Å². The van der Waals surface area contributed by atoms with Crippen LogP contribution in [0.5, 0.6) is 5.75 Å².